The number of hydrogen-bond acceptors (Lipinski definition) is 4. The van der Waals surface area contributed by atoms with Crippen molar-refractivity contribution in [2.45, 2.75) is 57.6 Å². The van der Waals surface area contributed by atoms with Crippen molar-refractivity contribution < 1.29 is 19.0 Å². The molecule has 1 unspecified atom stereocenters. The van der Waals surface area contributed by atoms with E-state index in [0.29, 0.717) is 25.6 Å². The Morgan fingerprint density at radius 2 is 1.88 bits per heavy atom. The Morgan fingerprint density at radius 3 is 2.58 bits per heavy atom. The summed E-state index contributed by atoms with van der Waals surface area (Å²) in [5, 5.41) is 3.20. The molecule has 0 spiro atoms. The molecule has 0 aliphatic carbocycles. The molecule has 5 nitrogen and oxygen atoms in total. The zero-order valence-electron chi connectivity index (χ0n) is 15.0. The molecule has 1 N–H and O–H groups in total. The maximum absolute atomic E-state index is 12.9. The predicted molar refractivity (Wildman–Crippen MR) is 91.7 cm³/mol. The monoisotopic (exact) mass is 333 g/mol. The number of carbonyl (C=O) groups excluding carboxylic acids is 1. The van der Waals surface area contributed by atoms with Crippen LogP contribution in [0.4, 0.5) is 0 Å². The molecular formula is C19H27NO4. The van der Waals surface area contributed by atoms with Crippen molar-refractivity contribution in [1.29, 1.82) is 0 Å². The van der Waals surface area contributed by atoms with Gasteiger partial charge in [0.1, 0.15) is 13.2 Å². The highest BCUT2D eigenvalue weighted by Crippen LogP contribution is 2.35. The van der Waals surface area contributed by atoms with E-state index in [1.165, 1.54) is 0 Å². The number of hydrogen-bond donors (Lipinski definition) is 1. The third-order valence-corrected chi connectivity index (χ3v) is 4.86. The Hall–Kier alpha value is -1.75. The first kappa shape index (κ1) is 17.1. The summed E-state index contributed by atoms with van der Waals surface area (Å²) in [6, 6.07) is 5.90. The minimum Gasteiger partial charge on any atom is -0.486 e. The Kier molecular flexibility index (Phi) is 4.47. The topological polar surface area (TPSA) is 56.8 Å². The van der Waals surface area contributed by atoms with Crippen LogP contribution < -0.4 is 14.8 Å². The first-order chi connectivity index (χ1) is 11.3. The number of nitrogens with one attached hydrogen (secondary N) is 1. The summed E-state index contributed by atoms with van der Waals surface area (Å²) in [5.74, 6) is 1.49. The molecule has 3 rings (SSSR count). The molecule has 1 fully saturated rings. The lowest BCUT2D eigenvalue weighted by Gasteiger charge is -2.37. The van der Waals surface area contributed by atoms with Crippen molar-refractivity contribution in [3.63, 3.8) is 0 Å². The number of ether oxygens (including phenoxy) is 3. The van der Waals surface area contributed by atoms with Gasteiger partial charge in [0.15, 0.2) is 11.5 Å². The SMILES string of the molecule is CC1(C)CC(NC(=O)C(C)(C)c2ccc3c(c2)OCCO3)CCO1. The van der Waals surface area contributed by atoms with Crippen molar-refractivity contribution in [2.24, 2.45) is 0 Å². The van der Waals surface area contributed by atoms with Gasteiger partial charge in [-0.2, -0.15) is 0 Å². The smallest absolute Gasteiger partial charge is 0.230 e. The van der Waals surface area contributed by atoms with Crippen LogP contribution in [0.25, 0.3) is 0 Å². The van der Waals surface area contributed by atoms with Gasteiger partial charge in [0.05, 0.1) is 11.0 Å². The molecule has 1 aromatic rings. The summed E-state index contributed by atoms with van der Waals surface area (Å²) in [4.78, 5) is 12.9. The summed E-state index contributed by atoms with van der Waals surface area (Å²) >= 11 is 0. The number of carbonyl (C=O) groups is 1. The predicted octanol–water partition coefficient (Wildman–Crippen LogP) is 2.81. The van der Waals surface area contributed by atoms with Crippen LogP contribution in [-0.4, -0.2) is 37.4 Å². The quantitative estimate of drug-likeness (QED) is 0.924. The molecule has 2 aliphatic rings. The fraction of sp³-hybridized carbons (Fsp3) is 0.632. The summed E-state index contributed by atoms with van der Waals surface area (Å²) in [6.45, 7) is 9.81. The van der Waals surface area contributed by atoms with Gasteiger partial charge in [0.25, 0.3) is 0 Å². The van der Waals surface area contributed by atoms with Gasteiger partial charge in [0, 0.05) is 12.6 Å². The number of rotatable bonds is 3. The lowest BCUT2D eigenvalue weighted by Crippen LogP contribution is -2.50. The van der Waals surface area contributed by atoms with Crippen LogP contribution >= 0.6 is 0 Å². The number of amides is 1. The zero-order chi connectivity index (χ0) is 17.4. The van der Waals surface area contributed by atoms with Gasteiger partial charge in [-0.05, 0) is 58.2 Å². The normalized spacial score (nSPS) is 22.8. The van der Waals surface area contributed by atoms with Gasteiger partial charge in [-0.1, -0.05) is 6.07 Å². The highest BCUT2D eigenvalue weighted by atomic mass is 16.6. The first-order valence-electron chi connectivity index (χ1n) is 8.63. The van der Waals surface area contributed by atoms with Gasteiger partial charge >= 0.3 is 0 Å². The van der Waals surface area contributed by atoms with Crippen LogP contribution in [-0.2, 0) is 14.9 Å². The molecule has 24 heavy (non-hydrogen) atoms. The van der Waals surface area contributed by atoms with E-state index >= 15 is 0 Å². The molecule has 1 saturated heterocycles. The van der Waals surface area contributed by atoms with E-state index in [1.54, 1.807) is 0 Å². The summed E-state index contributed by atoms with van der Waals surface area (Å²) in [7, 11) is 0. The fourth-order valence-corrected chi connectivity index (χ4v) is 3.28. The van der Waals surface area contributed by atoms with E-state index in [4.69, 9.17) is 14.2 Å². The molecule has 0 bridgehead atoms. The van der Waals surface area contributed by atoms with E-state index in [9.17, 15) is 4.79 Å². The van der Waals surface area contributed by atoms with Crippen molar-refractivity contribution in [3.8, 4) is 11.5 Å². The number of benzene rings is 1. The van der Waals surface area contributed by atoms with E-state index < -0.39 is 5.41 Å². The molecule has 0 saturated carbocycles. The van der Waals surface area contributed by atoms with Gasteiger partial charge in [-0.3, -0.25) is 4.79 Å². The Balaban J connectivity index is 1.73. The zero-order valence-corrected chi connectivity index (χ0v) is 15.0. The van der Waals surface area contributed by atoms with E-state index in [-0.39, 0.29) is 17.6 Å². The Bertz CT molecular complexity index is 624. The van der Waals surface area contributed by atoms with Gasteiger partial charge in [0.2, 0.25) is 5.91 Å². The average Bonchev–Trinajstić information content (AvgIpc) is 2.53. The second-order valence-electron chi connectivity index (χ2n) is 7.75. The Labute approximate surface area is 143 Å². The molecule has 2 aliphatic heterocycles. The summed E-state index contributed by atoms with van der Waals surface area (Å²) < 4.78 is 16.9. The van der Waals surface area contributed by atoms with Gasteiger partial charge in [-0.25, -0.2) is 0 Å². The number of fused-ring (bicyclic) bond motifs is 1. The summed E-state index contributed by atoms with van der Waals surface area (Å²) in [5.41, 5.74) is 0.103. The van der Waals surface area contributed by atoms with Gasteiger partial charge in [-0.15, -0.1) is 0 Å². The maximum Gasteiger partial charge on any atom is 0.230 e. The lowest BCUT2D eigenvalue weighted by atomic mass is 9.82. The van der Waals surface area contributed by atoms with Crippen LogP contribution in [0, 0.1) is 0 Å². The van der Waals surface area contributed by atoms with Crippen molar-refractivity contribution >= 4 is 5.91 Å². The Morgan fingerprint density at radius 1 is 1.17 bits per heavy atom. The molecule has 132 valence electrons. The first-order valence-corrected chi connectivity index (χ1v) is 8.63. The van der Waals surface area contributed by atoms with E-state index in [1.807, 2.05) is 32.0 Å². The third kappa shape index (κ3) is 3.51. The largest absolute Gasteiger partial charge is 0.486 e. The van der Waals surface area contributed by atoms with Gasteiger partial charge < -0.3 is 19.5 Å². The van der Waals surface area contributed by atoms with Crippen LogP contribution in [0.2, 0.25) is 0 Å². The van der Waals surface area contributed by atoms with E-state index in [2.05, 4.69) is 19.2 Å². The van der Waals surface area contributed by atoms with E-state index in [0.717, 1.165) is 24.2 Å². The lowest BCUT2D eigenvalue weighted by molar-refractivity contribution is -0.128. The third-order valence-electron chi connectivity index (χ3n) is 4.86. The summed E-state index contributed by atoms with van der Waals surface area (Å²) in [6.07, 6.45) is 1.68. The maximum atomic E-state index is 12.9. The minimum absolute atomic E-state index is 0.0295. The molecule has 1 atom stereocenters. The highest BCUT2D eigenvalue weighted by Gasteiger charge is 2.35. The molecule has 1 aromatic carbocycles. The van der Waals surface area contributed by atoms with Crippen LogP contribution in [0.3, 0.4) is 0 Å². The fourth-order valence-electron chi connectivity index (χ4n) is 3.28. The molecule has 1 amide bonds. The molecular weight excluding hydrogens is 306 g/mol. The van der Waals surface area contributed by atoms with Crippen molar-refractivity contribution in [3.05, 3.63) is 23.8 Å². The molecule has 2 heterocycles. The molecule has 5 heteroatoms. The second kappa shape index (κ2) is 6.28. The minimum atomic E-state index is -0.641. The highest BCUT2D eigenvalue weighted by molar-refractivity contribution is 5.87. The second-order valence-corrected chi connectivity index (χ2v) is 7.75. The van der Waals surface area contributed by atoms with Crippen molar-refractivity contribution in [2.75, 3.05) is 19.8 Å². The standard InChI is InChI=1S/C19H27NO4/c1-18(2)12-14(7-8-24-18)20-17(21)19(3,4)13-5-6-15-16(11-13)23-10-9-22-15/h5-6,11,14H,7-10,12H2,1-4H3,(H,20,21). The van der Waals surface area contributed by atoms with Crippen molar-refractivity contribution in [1.82, 2.24) is 5.32 Å². The molecule has 0 radical (unpaired) electrons. The van der Waals surface area contributed by atoms with Crippen LogP contribution in [0.1, 0.15) is 46.1 Å². The van der Waals surface area contributed by atoms with Crippen LogP contribution in [0.15, 0.2) is 18.2 Å². The average molecular weight is 333 g/mol. The molecule has 0 aromatic heterocycles. The van der Waals surface area contributed by atoms with Crippen LogP contribution in [0.5, 0.6) is 11.5 Å².